The molecule has 0 aromatic carbocycles. The molecule has 3 N–H and O–H groups in total. The Morgan fingerprint density at radius 2 is 2.06 bits per heavy atom. The second-order valence-corrected chi connectivity index (χ2v) is 4.69. The molecule has 0 aliphatic carbocycles. The highest BCUT2D eigenvalue weighted by atomic mass is 16.3. The Hall–Kier alpha value is -0.610. The van der Waals surface area contributed by atoms with Gasteiger partial charge in [0, 0.05) is 19.0 Å². The molecule has 16 heavy (non-hydrogen) atoms. The average molecular weight is 230 g/mol. The molecule has 0 rings (SSSR count). The normalized spacial score (nSPS) is 16.6. The molecular weight excluding hydrogens is 204 g/mol. The van der Waals surface area contributed by atoms with Gasteiger partial charge in [0.05, 0.1) is 5.60 Å². The summed E-state index contributed by atoms with van der Waals surface area (Å²) in [5.41, 5.74) is -0.786. The van der Waals surface area contributed by atoms with Gasteiger partial charge in [0.2, 0.25) is 5.91 Å². The number of hydrogen-bond acceptors (Lipinski definition) is 3. The van der Waals surface area contributed by atoms with Crippen LogP contribution in [0.1, 0.15) is 47.0 Å². The van der Waals surface area contributed by atoms with E-state index >= 15 is 0 Å². The Bertz CT molecular complexity index is 205. The van der Waals surface area contributed by atoms with E-state index in [9.17, 15) is 9.90 Å². The number of aliphatic hydroxyl groups is 1. The molecule has 96 valence electrons. The predicted octanol–water partition coefficient (Wildman–Crippen LogP) is 1.04. The monoisotopic (exact) mass is 230 g/mol. The van der Waals surface area contributed by atoms with E-state index < -0.39 is 5.60 Å². The average Bonchev–Trinajstić information content (AvgIpc) is 2.15. The van der Waals surface area contributed by atoms with Gasteiger partial charge < -0.3 is 15.7 Å². The summed E-state index contributed by atoms with van der Waals surface area (Å²) in [6, 6.07) is 0.182. The maximum atomic E-state index is 11.5. The van der Waals surface area contributed by atoms with Gasteiger partial charge in [-0.25, -0.2) is 0 Å². The maximum absolute atomic E-state index is 11.5. The number of carbonyl (C=O) groups is 1. The molecule has 2 unspecified atom stereocenters. The standard InChI is InChI=1S/C12H26N2O2/c1-5-7-12(4,16)9-14-11(15)8-10(3)13-6-2/h10,13,16H,5-9H2,1-4H3,(H,14,15). The lowest BCUT2D eigenvalue weighted by Crippen LogP contribution is -2.42. The lowest BCUT2D eigenvalue weighted by Gasteiger charge is -2.23. The predicted molar refractivity (Wildman–Crippen MR) is 66.3 cm³/mol. The highest BCUT2D eigenvalue weighted by molar-refractivity contribution is 5.76. The SMILES string of the molecule is CCCC(C)(O)CNC(=O)CC(C)NCC. The van der Waals surface area contributed by atoms with Crippen molar-refractivity contribution >= 4 is 5.91 Å². The summed E-state index contributed by atoms with van der Waals surface area (Å²) < 4.78 is 0. The summed E-state index contributed by atoms with van der Waals surface area (Å²) in [5, 5.41) is 15.8. The first-order valence-corrected chi connectivity index (χ1v) is 6.13. The Kier molecular flexibility index (Phi) is 7.34. The lowest BCUT2D eigenvalue weighted by atomic mass is 10.0. The third kappa shape index (κ3) is 7.65. The zero-order chi connectivity index (χ0) is 12.6. The fraction of sp³-hybridized carbons (Fsp3) is 0.917. The smallest absolute Gasteiger partial charge is 0.221 e. The second kappa shape index (κ2) is 7.63. The number of amides is 1. The van der Waals surface area contributed by atoms with Gasteiger partial charge in [0.1, 0.15) is 0 Å². The minimum atomic E-state index is -0.786. The van der Waals surface area contributed by atoms with Crippen LogP contribution < -0.4 is 10.6 Å². The molecule has 0 aliphatic rings. The molecule has 0 radical (unpaired) electrons. The van der Waals surface area contributed by atoms with Crippen molar-refractivity contribution in [3.63, 3.8) is 0 Å². The van der Waals surface area contributed by atoms with E-state index in [-0.39, 0.29) is 11.9 Å². The fourth-order valence-corrected chi connectivity index (χ4v) is 1.69. The van der Waals surface area contributed by atoms with Crippen LogP contribution >= 0.6 is 0 Å². The molecule has 0 saturated heterocycles. The number of nitrogens with one attached hydrogen (secondary N) is 2. The van der Waals surface area contributed by atoms with Crippen molar-refractivity contribution in [3.05, 3.63) is 0 Å². The van der Waals surface area contributed by atoms with Crippen molar-refractivity contribution < 1.29 is 9.90 Å². The largest absolute Gasteiger partial charge is 0.388 e. The molecule has 0 heterocycles. The molecule has 0 bridgehead atoms. The Balaban J connectivity index is 3.80. The van der Waals surface area contributed by atoms with Crippen molar-refractivity contribution in [2.24, 2.45) is 0 Å². The molecule has 0 spiro atoms. The van der Waals surface area contributed by atoms with Gasteiger partial charge in [-0.1, -0.05) is 20.3 Å². The Morgan fingerprint density at radius 1 is 1.44 bits per heavy atom. The third-order valence-electron chi connectivity index (χ3n) is 2.50. The number of carbonyl (C=O) groups excluding carboxylic acids is 1. The highest BCUT2D eigenvalue weighted by Gasteiger charge is 2.20. The van der Waals surface area contributed by atoms with E-state index in [1.54, 1.807) is 6.92 Å². The first-order chi connectivity index (χ1) is 7.41. The molecule has 4 heteroatoms. The molecule has 4 nitrogen and oxygen atoms in total. The minimum absolute atomic E-state index is 0.00942. The minimum Gasteiger partial charge on any atom is -0.388 e. The van der Waals surface area contributed by atoms with Crippen LogP contribution in [0.25, 0.3) is 0 Å². The molecule has 0 aromatic rings. The van der Waals surface area contributed by atoms with Crippen LogP contribution in [0.15, 0.2) is 0 Å². The summed E-state index contributed by atoms with van der Waals surface area (Å²) in [7, 11) is 0. The van der Waals surface area contributed by atoms with E-state index in [0.717, 1.165) is 13.0 Å². The molecule has 0 fully saturated rings. The highest BCUT2D eigenvalue weighted by Crippen LogP contribution is 2.09. The fourth-order valence-electron chi connectivity index (χ4n) is 1.69. The van der Waals surface area contributed by atoms with E-state index in [0.29, 0.717) is 19.4 Å². The van der Waals surface area contributed by atoms with E-state index in [1.165, 1.54) is 0 Å². The molecule has 2 atom stereocenters. The van der Waals surface area contributed by atoms with E-state index in [2.05, 4.69) is 10.6 Å². The Morgan fingerprint density at radius 3 is 2.56 bits per heavy atom. The summed E-state index contributed by atoms with van der Waals surface area (Å²) in [5.74, 6) is -0.00942. The van der Waals surface area contributed by atoms with Crippen LogP contribution in [0.4, 0.5) is 0 Å². The van der Waals surface area contributed by atoms with Gasteiger partial charge in [0.25, 0.3) is 0 Å². The van der Waals surface area contributed by atoms with Gasteiger partial charge >= 0.3 is 0 Å². The molecule has 0 saturated carbocycles. The van der Waals surface area contributed by atoms with Crippen LogP contribution in [0.2, 0.25) is 0 Å². The van der Waals surface area contributed by atoms with Gasteiger partial charge in [-0.05, 0) is 26.8 Å². The quantitative estimate of drug-likeness (QED) is 0.584. The van der Waals surface area contributed by atoms with E-state index in [1.807, 2.05) is 20.8 Å². The maximum Gasteiger partial charge on any atom is 0.221 e. The van der Waals surface area contributed by atoms with Crippen LogP contribution in [0.5, 0.6) is 0 Å². The molecular formula is C12H26N2O2. The Labute approximate surface area is 98.8 Å². The second-order valence-electron chi connectivity index (χ2n) is 4.69. The van der Waals surface area contributed by atoms with Crippen molar-refractivity contribution in [1.29, 1.82) is 0 Å². The van der Waals surface area contributed by atoms with Crippen LogP contribution in [-0.2, 0) is 4.79 Å². The molecule has 0 aliphatic heterocycles. The summed E-state index contributed by atoms with van der Waals surface area (Å²) >= 11 is 0. The van der Waals surface area contributed by atoms with Crippen molar-refractivity contribution in [2.75, 3.05) is 13.1 Å². The molecule has 0 aromatic heterocycles. The third-order valence-corrected chi connectivity index (χ3v) is 2.50. The number of hydrogen-bond donors (Lipinski definition) is 3. The zero-order valence-electron chi connectivity index (χ0n) is 11.0. The van der Waals surface area contributed by atoms with Gasteiger partial charge in [-0.2, -0.15) is 0 Å². The topological polar surface area (TPSA) is 61.4 Å². The lowest BCUT2D eigenvalue weighted by molar-refractivity contribution is -0.122. The van der Waals surface area contributed by atoms with Crippen molar-refractivity contribution in [3.8, 4) is 0 Å². The van der Waals surface area contributed by atoms with Gasteiger partial charge in [0.15, 0.2) is 0 Å². The first kappa shape index (κ1) is 15.4. The number of rotatable bonds is 8. The van der Waals surface area contributed by atoms with Crippen LogP contribution in [-0.4, -0.2) is 35.7 Å². The first-order valence-electron chi connectivity index (χ1n) is 6.13. The summed E-state index contributed by atoms with van der Waals surface area (Å²) in [4.78, 5) is 11.5. The van der Waals surface area contributed by atoms with Crippen LogP contribution in [0.3, 0.4) is 0 Å². The van der Waals surface area contributed by atoms with E-state index in [4.69, 9.17) is 0 Å². The van der Waals surface area contributed by atoms with Gasteiger partial charge in [-0.3, -0.25) is 4.79 Å². The summed E-state index contributed by atoms with van der Waals surface area (Å²) in [6.07, 6.45) is 2.07. The van der Waals surface area contributed by atoms with Crippen LogP contribution in [0, 0.1) is 0 Å². The van der Waals surface area contributed by atoms with Crippen molar-refractivity contribution in [1.82, 2.24) is 10.6 Å². The zero-order valence-corrected chi connectivity index (χ0v) is 11.0. The van der Waals surface area contributed by atoms with Crippen molar-refractivity contribution in [2.45, 2.75) is 58.6 Å². The van der Waals surface area contributed by atoms with Gasteiger partial charge in [-0.15, -0.1) is 0 Å². The molecule has 1 amide bonds. The summed E-state index contributed by atoms with van der Waals surface area (Å²) in [6.45, 7) is 8.96.